The van der Waals surface area contributed by atoms with E-state index in [1.165, 1.54) is 6.42 Å². The summed E-state index contributed by atoms with van der Waals surface area (Å²) in [5, 5.41) is 0. The lowest BCUT2D eigenvalue weighted by Crippen LogP contribution is -2.52. The predicted molar refractivity (Wildman–Crippen MR) is 67.0 cm³/mol. The molecule has 16 heavy (non-hydrogen) atoms. The van der Waals surface area contributed by atoms with E-state index < -0.39 is 0 Å². The number of amides is 1. The van der Waals surface area contributed by atoms with E-state index in [1.807, 2.05) is 18.7 Å². The van der Waals surface area contributed by atoms with Crippen molar-refractivity contribution in [2.24, 2.45) is 17.1 Å². The van der Waals surface area contributed by atoms with Crippen molar-refractivity contribution in [3.8, 4) is 0 Å². The molecule has 0 aromatic heterocycles. The zero-order valence-electron chi connectivity index (χ0n) is 11.1. The molecule has 94 valence electrons. The second kappa shape index (κ2) is 5.17. The van der Waals surface area contributed by atoms with E-state index in [1.54, 1.807) is 0 Å². The third-order valence-electron chi connectivity index (χ3n) is 3.95. The summed E-state index contributed by atoms with van der Waals surface area (Å²) in [7, 11) is 0. The lowest BCUT2D eigenvalue weighted by Gasteiger charge is -2.41. The van der Waals surface area contributed by atoms with Crippen molar-refractivity contribution >= 4 is 5.91 Å². The molecule has 0 aromatic rings. The molecule has 1 aliphatic rings. The molecule has 1 fully saturated rings. The molecule has 2 atom stereocenters. The molecule has 1 unspecified atom stereocenters. The van der Waals surface area contributed by atoms with E-state index in [0.29, 0.717) is 5.41 Å². The minimum absolute atomic E-state index is 0.134. The number of piperidine rings is 1. The van der Waals surface area contributed by atoms with Crippen LogP contribution in [0.1, 0.15) is 47.0 Å². The summed E-state index contributed by atoms with van der Waals surface area (Å²) < 4.78 is 0. The summed E-state index contributed by atoms with van der Waals surface area (Å²) in [6.07, 6.45) is 3.47. The van der Waals surface area contributed by atoms with Crippen LogP contribution in [0.2, 0.25) is 0 Å². The van der Waals surface area contributed by atoms with Gasteiger partial charge in [0, 0.05) is 13.1 Å². The van der Waals surface area contributed by atoms with Gasteiger partial charge in [-0.05, 0) is 30.6 Å². The highest BCUT2D eigenvalue weighted by Gasteiger charge is 2.33. The molecule has 2 N–H and O–H groups in total. The first-order valence-electron chi connectivity index (χ1n) is 6.44. The normalized spacial score (nSPS) is 28.2. The number of carbonyl (C=O) groups excluding carboxylic acids is 1. The van der Waals surface area contributed by atoms with Crippen LogP contribution >= 0.6 is 0 Å². The van der Waals surface area contributed by atoms with Gasteiger partial charge in [0.25, 0.3) is 0 Å². The van der Waals surface area contributed by atoms with Gasteiger partial charge in [-0.3, -0.25) is 4.79 Å². The van der Waals surface area contributed by atoms with E-state index in [-0.39, 0.29) is 17.9 Å². The number of hydrogen-bond donors (Lipinski definition) is 1. The fourth-order valence-corrected chi connectivity index (χ4v) is 2.29. The zero-order chi connectivity index (χ0) is 12.3. The average Bonchev–Trinajstić information content (AvgIpc) is 2.27. The maximum Gasteiger partial charge on any atom is 0.239 e. The third-order valence-corrected chi connectivity index (χ3v) is 3.95. The molecule has 0 radical (unpaired) electrons. The molecule has 3 nitrogen and oxygen atoms in total. The van der Waals surface area contributed by atoms with Crippen molar-refractivity contribution in [1.29, 1.82) is 0 Å². The second-order valence-corrected chi connectivity index (χ2v) is 5.80. The van der Waals surface area contributed by atoms with Crippen molar-refractivity contribution in [3.05, 3.63) is 0 Å². The highest BCUT2D eigenvalue weighted by Crippen LogP contribution is 2.32. The number of hydrogen-bond acceptors (Lipinski definition) is 2. The van der Waals surface area contributed by atoms with Crippen LogP contribution in [0.15, 0.2) is 0 Å². The summed E-state index contributed by atoms with van der Waals surface area (Å²) in [5.74, 6) is 0.358. The maximum absolute atomic E-state index is 12.1. The van der Waals surface area contributed by atoms with Crippen molar-refractivity contribution in [3.63, 3.8) is 0 Å². The summed E-state index contributed by atoms with van der Waals surface area (Å²) in [6, 6.07) is -0.334. The number of rotatable bonds is 3. The van der Waals surface area contributed by atoms with Crippen LogP contribution in [0, 0.1) is 11.3 Å². The number of nitrogens with two attached hydrogens (primary N) is 1. The Hall–Kier alpha value is -0.570. The van der Waals surface area contributed by atoms with E-state index >= 15 is 0 Å². The molecule has 0 aliphatic carbocycles. The number of nitrogens with zero attached hydrogens (tertiary/aromatic N) is 1. The van der Waals surface area contributed by atoms with Crippen molar-refractivity contribution in [2.75, 3.05) is 13.1 Å². The molecule has 1 amide bonds. The summed E-state index contributed by atoms with van der Waals surface area (Å²) in [5.41, 5.74) is 6.23. The van der Waals surface area contributed by atoms with Crippen LogP contribution < -0.4 is 5.73 Å². The standard InChI is InChI=1S/C13H26N2O/c1-5-13(4)7-6-8-15(9-13)12(16)11(14)10(2)3/h10-11H,5-9,14H2,1-4H3/t11-,13?/m0/s1. The van der Waals surface area contributed by atoms with Gasteiger partial charge in [-0.2, -0.15) is 0 Å². The van der Waals surface area contributed by atoms with Gasteiger partial charge in [-0.1, -0.05) is 27.7 Å². The van der Waals surface area contributed by atoms with Crippen LogP contribution in [-0.4, -0.2) is 29.9 Å². The van der Waals surface area contributed by atoms with Crippen molar-refractivity contribution in [1.82, 2.24) is 4.90 Å². The lowest BCUT2D eigenvalue weighted by atomic mass is 9.79. The molecule has 1 heterocycles. The van der Waals surface area contributed by atoms with Crippen LogP contribution in [0.25, 0.3) is 0 Å². The number of carbonyl (C=O) groups is 1. The largest absolute Gasteiger partial charge is 0.341 e. The van der Waals surface area contributed by atoms with E-state index in [0.717, 1.165) is 25.9 Å². The van der Waals surface area contributed by atoms with Gasteiger partial charge in [0.15, 0.2) is 0 Å². The molecule has 1 aliphatic heterocycles. The Morgan fingerprint density at radius 2 is 2.12 bits per heavy atom. The molecular formula is C13H26N2O. The van der Waals surface area contributed by atoms with Gasteiger partial charge in [0.1, 0.15) is 0 Å². The molecule has 1 saturated heterocycles. The van der Waals surface area contributed by atoms with Crippen molar-refractivity contribution < 1.29 is 4.79 Å². The Kier molecular flexibility index (Phi) is 4.36. The molecular weight excluding hydrogens is 200 g/mol. The Morgan fingerprint density at radius 3 is 2.62 bits per heavy atom. The smallest absolute Gasteiger partial charge is 0.239 e. The summed E-state index contributed by atoms with van der Waals surface area (Å²) in [4.78, 5) is 14.1. The molecule has 3 heteroatoms. The Morgan fingerprint density at radius 1 is 1.50 bits per heavy atom. The first-order valence-corrected chi connectivity index (χ1v) is 6.44. The zero-order valence-corrected chi connectivity index (χ0v) is 11.1. The third kappa shape index (κ3) is 2.97. The monoisotopic (exact) mass is 226 g/mol. The Bertz CT molecular complexity index is 252. The van der Waals surface area contributed by atoms with E-state index in [9.17, 15) is 4.79 Å². The van der Waals surface area contributed by atoms with Gasteiger partial charge >= 0.3 is 0 Å². The molecule has 0 spiro atoms. The highest BCUT2D eigenvalue weighted by molar-refractivity contribution is 5.82. The van der Waals surface area contributed by atoms with Crippen LogP contribution in [0.5, 0.6) is 0 Å². The van der Waals surface area contributed by atoms with Crippen molar-refractivity contribution in [2.45, 2.75) is 53.0 Å². The minimum Gasteiger partial charge on any atom is -0.341 e. The molecule has 0 saturated carbocycles. The molecule has 0 bridgehead atoms. The topological polar surface area (TPSA) is 46.3 Å². The van der Waals surface area contributed by atoms with Gasteiger partial charge < -0.3 is 10.6 Å². The first kappa shape index (κ1) is 13.5. The highest BCUT2D eigenvalue weighted by atomic mass is 16.2. The second-order valence-electron chi connectivity index (χ2n) is 5.80. The van der Waals surface area contributed by atoms with Gasteiger partial charge in [0.2, 0.25) is 5.91 Å². The van der Waals surface area contributed by atoms with E-state index in [4.69, 9.17) is 5.73 Å². The minimum atomic E-state index is -0.334. The van der Waals surface area contributed by atoms with Crippen LogP contribution in [0.4, 0.5) is 0 Å². The lowest BCUT2D eigenvalue weighted by molar-refractivity contribution is -0.136. The SMILES string of the molecule is CCC1(C)CCCN(C(=O)[C@@H](N)C(C)C)C1. The maximum atomic E-state index is 12.1. The van der Waals surface area contributed by atoms with Gasteiger partial charge in [-0.15, -0.1) is 0 Å². The fourth-order valence-electron chi connectivity index (χ4n) is 2.29. The molecule has 1 rings (SSSR count). The van der Waals surface area contributed by atoms with E-state index in [2.05, 4.69) is 13.8 Å². The first-order chi connectivity index (χ1) is 7.39. The van der Waals surface area contributed by atoms with Crippen LogP contribution in [0.3, 0.4) is 0 Å². The Balaban J connectivity index is 2.64. The average molecular weight is 226 g/mol. The predicted octanol–water partition coefficient (Wildman–Crippen LogP) is 2.01. The summed E-state index contributed by atoms with van der Waals surface area (Å²) in [6.45, 7) is 10.2. The van der Waals surface area contributed by atoms with Crippen LogP contribution in [-0.2, 0) is 4.79 Å². The van der Waals surface area contributed by atoms with Gasteiger partial charge in [-0.25, -0.2) is 0 Å². The number of likely N-dealkylation sites (tertiary alicyclic amines) is 1. The van der Waals surface area contributed by atoms with Gasteiger partial charge in [0.05, 0.1) is 6.04 Å². The quantitative estimate of drug-likeness (QED) is 0.800. The summed E-state index contributed by atoms with van der Waals surface area (Å²) >= 11 is 0. The molecule has 0 aromatic carbocycles. The fraction of sp³-hybridized carbons (Fsp3) is 0.923. The Labute approximate surface area is 99.4 Å².